The third-order valence-corrected chi connectivity index (χ3v) is 3.43. The van der Waals surface area contributed by atoms with Crippen LogP contribution in [0.3, 0.4) is 0 Å². The van der Waals surface area contributed by atoms with Crippen molar-refractivity contribution in [3.8, 4) is 5.75 Å². The molecule has 0 saturated carbocycles. The number of halogens is 2. The minimum absolute atomic E-state index is 0.0225. The number of hydrogen-bond acceptors (Lipinski definition) is 4. The van der Waals surface area contributed by atoms with E-state index in [4.69, 9.17) is 26.5 Å². The van der Waals surface area contributed by atoms with Gasteiger partial charge < -0.3 is 14.9 Å². The summed E-state index contributed by atoms with van der Waals surface area (Å²) in [4.78, 5) is 11.9. The smallest absolute Gasteiger partial charge is 0.344 e. The van der Waals surface area contributed by atoms with Crippen molar-refractivity contribution in [3.05, 3.63) is 45.5 Å². The van der Waals surface area contributed by atoms with Crippen molar-refractivity contribution in [1.82, 2.24) is 0 Å². The van der Waals surface area contributed by atoms with Crippen molar-refractivity contribution in [2.45, 2.75) is 0 Å². The highest BCUT2D eigenvalue weighted by Gasteiger charge is 2.13. The molecule has 0 unspecified atom stereocenters. The number of nitrogen functional groups attached to an aromatic ring is 1. The fraction of sp³-hybridized carbons (Fsp3) is 0.0714. The summed E-state index contributed by atoms with van der Waals surface area (Å²) in [6.07, 6.45) is 0. The van der Waals surface area contributed by atoms with Crippen LogP contribution in [0.15, 0.2) is 33.5 Å². The molecule has 2 aromatic carbocycles. The molecule has 0 spiro atoms. The highest BCUT2D eigenvalue weighted by molar-refractivity contribution is 6.34. The Bertz CT molecular complexity index is 904. The highest BCUT2D eigenvalue weighted by atomic mass is 35.5. The molecule has 2 N–H and O–H groups in total. The average Bonchev–Trinajstić information content (AvgIpc) is 2.41. The lowest BCUT2D eigenvalue weighted by molar-refractivity contribution is 0.387. The van der Waals surface area contributed by atoms with Gasteiger partial charge in [0.15, 0.2) is 11.6 Å². The average molecular weight is 294 g/mol. The molecule has 0 aliphatic rings. The third-order valence-electron chi connectivity index (χ3n) is 3.10. The maximum Gasteiger partial charge on any atom is 0.344 e. The van der Waals surface area contributed by atoms with Crippen molar-refractivity contribution in [1.29, 1.82) is 0 Å². The summed E-state index contributed by atoms with van der Waals surface area (Å²) >= 11 is 5.96. The molecule has 3 aromatic rings. The molecule has 0 aliphatic carbocycles. The van der Waals surface area contributed by atoms with Crippen LogP contribution in [0, 0.1) is 5.82 Å². The van der Waals surface area contributed by atoms with Crippen LogP contribution in [0.25, 0.3) is 21.7 Å². The van der Waals surface area contributed by atoms with Gasteiger partial charge in [0.1, 0.15) is 5.58 Å². The van der Waals surface area contributed by atoms with Gasteiger partial charge in [-0.3, -0.25) is 0 Å². The molecule has 0 aliphatic heterocycles. The Balaban J connectivity index is 2.55. The predicted octanol–water partition coefficient (Wildman–Crippen LogP) is 3.33. The van der Waals surface area contributed by atoms with Gasteiger partial charge in [0, 0.05) is 16.8 Å². The quantitative estimate of drug-likeness (QED) is 0.424. The Morgan fingerprint density at radius 2 is 1.95 bits per heavy atom. The second kappa shape index (κ2) is 4.38. The first-order chi connectivity index (χ1) is 9.51. The fourth-order valence-electron chi connectivity index (χ4n) is 2.12. The lowest BCUT2D eigenvalue weighted by Gasteiger charge is -2.07. The van der Waals surface area contributed by atoms with Crippen molar-refractivity contribution < 1.29 is 13.5 Å². The Hall–Kier alpha value is -2.27. The van der Waals surface area contributed by atoms with Crippen molar-refractivity contribution in [2.75, 3.05) is 12.8 Å². The van der Waals surface area contributed by atoms with Gasteiger partial charge in [0.2, 0.25) is 0 Å². The van der Waals surface area contributed by atoms with Crippen LogP contribution in [-0.4, -0.2) is 7.11 Å². The van der Waals surface area contributed by atoms with Crippen LogP contribution in [0.4, 0.5) is 10.1 Å². The van der Waals surface area contributed by atoms with E-state index >= 15 is 0 Å². The van der Waals surface area contributed by atoms with Gasteiger partial charge in [0.25, 0.3) is 0 Å². The molecule has 20 heavy (non-hydrogen) atoms. The standard InChI is InChI=1S/C14H9ClFNO3/c1-19-13-4-8-6(3-10(13)16)7-2-9(15)11(17)5-12(7)20-14(8)18/h2-5H,17H2,1H3. The summed E-state index contributed by atoms with van der Waals surface area (Å²) in [7, 11) is 1.32. The van der Waals surface area contributed by atoms with E-state index in [2.05, 4.69) is 0 Å². The zero-order valence-electron chi connectivity index (χ0n) is 10.4. The van der Waals surface area contributed by atoms with Gasteiger partial charge in [-0.25, -0.2) is 9.18 Å². The van der Waals surface area contributed by atoms with E-state index in [1.54, 1.807) is 6.07 Å². The Kier molecular flexibility index (Phi) is 2.79. The molecule has 0 saturated heterocycles. The van der Waals surface area contributed by atoms with E-state index in [-0.39, 0.29) is 22.4 Å². The Morgan fingerprint density at radius 3 is 2.65 bits per heavy atom. The van der Waals surface area contributed by atoms with Crippen LogP contribution < -0.4 is 16.1 Å². The van der Waals surface area contributed by atoms with Crippen LogP contribution in [0.5, 0.6) is 5.75 Å². The van der Waals surface area contributed by atoms with E-state index in [1.165, 1.54) is 25.3 Å². The summed E-state index contributed by atoms with van der Waals surface area (Å²) in [5.41, 5.74) is 5.62. The fourth-order valence-corrected chi connectivity index (χ4v) is 2.28. The van der Waals surface area contributed by atoms with Gasteiger partial charge in [-0.05, 0) is 18.2 Å². The number of benzene rings is 2. The molecule has 0 fully saturated rings. The predicted molar refractivity (Wildman–Crippen MR) is 75.9 cm³/mol. The number of ether oxygens (including phenoxy) is 1. The van der Waals surface area contributed by atoms with Gasteiger partial charge in [-0.15, -0.1) is 0 Å². The van der Waals surface area contributed by atoms with E-state index in [0.29, 0.717) is 15.8 Å². The minimum atomic E-state index is -0.590. The van der Waals surface area contributed by atoms with E-state index < -0.39 is 11.4 Å². The van der Waals surface area contributed by atoms with Crippen LogP contribution >= 0.6 is 11.6 Å². The number of hydrogen-bond donors (Lipinski definition) is 1. The van der Waals surface area contributed by atoms with Crippen LogP contribution in [0.2, 0.25) is 5.02 Å². The molecule has 1 aromatic heterocycles. The summed E-state index contributed by atoms with van der Waals surface area (Å²) in [5, 5.41) is 1.44. The molecular weight excluding hydrogens is 285 g/mol. The van der Waals surface area contributed by atoms with Crippen LogP contribution in [-0.2, 0) is 0 Å². The second-order valence-corrected chi connectivity index (χ2v) is 4.70. The van der Waals surface area contributed by atoms with Crippen molar-refractivity contribution >= 4 is 39.0 Å². The lowest BCUT2D eigenvalue weighted by atomic mass is 10.1. The van der Waals surface area contributed by atoms with Gasteiger partial charge in [-0.2, -0.15) is 0 Å². The molecule has 102 valence electrons. The number of nitrogens with two attached hydrogens (primary N) is 1. The van der Waals surface area contributed by atoms with E-state index in [1.807, 2.05) is 0 Å². The van der Waals surface area contributed by atoms with Gasteiger partial charge in [0.05, 0.1) is 23.2 Å². The first kappa shape index (κ1) is 12.7. The number of rotatable bonds is 1. The van der Waals surface area contributed by atoms with Crippen LogP contribution in [0.1, 0.15) is 0 Å². The molecule has 4 nitrogen and oxygen atoms in total. The minimum Gasteiger partial charge on any atom is -0.494 e. The zero-order chi connectivity index (χ0) is 14.4. The lowest BCUT2D eigenvalue weighted by Crippen LogP contribution is -2.02. The summed E-state index contributed by atoms with van der Waals surface area (Å²) < 4.78 is 23.9. The second-order valence-electron chi connectivity index (χ2n) is 4.29. The first-order valence-corrected chi connectivity index (χ1v) is 6.08. The first-order valence-electron chi connectivity index (χ1n) is 5.70. The monoisotopic (exact) mass is 293 g/mol. The Morgan fingerprint density at radius 1 is 1.20 bits per heavy atom. The third kappa shape index (κ3) is 1.78. The van der Waals surface area contributed by atoms with Crippen molar-refractivity contribution in [2.24, 2.45) is 0 Å². The molecule has 1 heterocycles. The number of methoxy groups -OCH3 is 1. The molecule has 0 amide bonds. The molecule has 0 radical (unpaired) electrons. The largest absolute Gasteiger partial charge is 0.494 e. The normalized spacial score (nSPS) is 11.2. The highest BCUT2D eigenvalue weighted by Crippen LogP contribution is 2.32. The summed E-state index contributed by atoms with van der Waals surface area (Å²) in [5.74, 6) is -0.592. The molecule has 3 rings (SSSR count). The molecular formula is C14H9ClFNO3. The topological polar surface area (TPSA) is 65.5 Å². The van der Waals surface area contributed by atoms with Crippen molar-refractivity contribution in [3.63, 3.8) is 0 Å². The maximum absolute atomic E-state index is 13.8. The Labute approximate surface area is 117 Å². The van der Waals surface area contributed by atoms with Gasteiger partial charge >= 0.3 is 5.63 Å². The zero-order valence-corrected chi connectivity index (χ0v) is 11.1. The maximum atomic E-state index is 13.8. The number of fused-ring (bicyclic) bond motifs is 3. The summed E-state index contributed by atoms with van der Waals surface area (Å²) in [6, 6.07) is 5.52. The number of anilines is 1. The van der Waals surface area contributed by atoms with E-state index in [9.17, 15) is 9.18 Å². The molecule has 0 atom stereocenters. The van der Waals surface area contributed by atoms with Gasteiger partial charge in [-0.1, -0.05) is 11.6 Å². The molecule has 6 heteroatoms. The molecule has 0 bridgehead atoms. The summed E-state index contributed by atoms with van der Waals surface area (Å²) in [6.45, 7) is 0. The van der Waals surface area contributed by atoms with E-state index in [0.717, 1.165) is 0 Å². The SMILES string of the molecule is COc1cc2c(=O)oc3cc(N)c(Cl)cc3c2cc1F.